The van der Waals surface area contributed by atoms with Crippen LogP contribution in [0.1, 0.15) is 19.8 Å². The van der Waals surface area contributed by atoms with Gasteiger partial charge in [-0.1, -0.05) is 13.3 Å². The maximum Gasteiger partial charge on any atom is 0.271 e. The SMILES string of the molecule is CCC[C@H](N)C(=O)Nc1cc([N+](=O)[O-])ccc1OC. The molecule has 0 aliphatic carbocycles. The number of carbonyl (C=O) groups is 1. The van der Waals surface area contributed by atoms with E-state index in [1.807, 2.05) is 6.92 Å². The van der Waals surface area contributed by atoms with Crippen molar-refractivity contribution in [3.63, 3.8) is 0 Å². The molecule has 0 aliphatic heterocycles. The number of nitrogens with one attached hydrogen (secondary N) is 1. The lowest BCUT2D eigenvalue weighted by Gasteiger charge is -2.13. The van der Waals surface area contributed by atoms with Gasteiger partial charge in [0.25, 0.3) is 5.69 Å². The molecule has 1 aromatic carbocycles. The van der Waals surface area contributed by atoms with Crippen molar-refractivity contribution in [2.75, 3.05) is 12.4 Å². The Bertz CT molecular complexity index is 476. The fourth-order valence-electron chi connectivity index (χ4n) is 1.57. The van der Waals surface area contributed by atoms with Crippen LogP contribution in [0.3, 0.4) is 0 Å². The van der Waals surface area contributed by atoms with Crippen molar-refractivity contribution in [3.05, 3.63) is 28.3 Å². The molecular formula is C12H17N3O4. The first-order chi connectivity index (χ1) is 8.99. The molecule has 7 nitrogen and oxygen atoms in total. The third kappa shape index (κ3) is 3.92. The number of methoxy groups -OCH3 is 1. The molecule has 1 amide bonds. The average Bonchev–Trinajstić information content (AvgIpc) is 2.38. The Morgan fingerprint density at radius 1 is 1.58 bits per heavy atom. The minimum absolute atomic E-state index is 0.125. The summed E-state index contributed by atoms with van der Waals surface area (Å²) in [6, 6.07) is 3.34. The van der Waals surface area contributed by atoms with Gasteiger partial charge in [-0.15, -0.1) is 0 Å². The van der Waals surface area contributed by atoms with Crippen LogP contribution in [0.15, 0.2) is 18.2 Å². The normalized spacial score (nSPS) is 11.7. The van der Waals surface area contributed by atoms with Crippen LogP contribution in [-0.4, -0.2) is 24.0 Å². The van der Waals surface area contributed by atoms with E-state index >= 15 is 0 Å². The van der Waals surface area contributed by atoms with Gasteiger partial charge >= 0.3 is 0 Å². The average molecular weight is 267 g/mol. The number of nitro groups is 1. The second-order valence-corrected chi connectivity index (χ2v) is 4.03. The number of hydrogen-bond donors (Lipinski definition) is 2. The lowest BCUT2D eigenvalue weighted by Crippen LogP contribution is -2.35. The van der Waals surface area contributed by atoms with Crippen LogP contribution in [0, 0.1) is 10.1 Å². The molecule has 0 unspecified atom stereocenters. The number of nitrogens with zero attached hydrogens (tertiary/aromatic N) is 1. The van der Waals surface area contributed by atoms with Crippen molar-refractivity contribution in [1.82, 2.24) is 0 Å². The number of nitro benzene ring substituents is 1. The molecule has 104 valence electrons. The second kappa shape index (κ2) is 6.69. The number of hydrogen-bond acceptors (Lipinski definition) is 5. The number of amides is 1. The highest BCUT2D eigenvalue weighted by Crippen LogP contribution is 2.28. The van der Waals surface area contributed by atoms with Gasteiger partial charge in [0.1, 0.15) is 5.75 Å². The maximum absolute atomic E-state index is 11.8. The van der Waals surface area contributed by atoms with Crippen LogP contribution >= 0.6 is 0 Å². The van der Waals surface area contributed by atoms with Gasteiger partial charge in [-0.25, -0.2) is 0 Å². The van der Waals surface area contributed by atoms with Crippen LogP contribution in [0.2, 0.25) is 0 Å². The summed E-state index contributed by atoms with van der Waals surface area (Å²) < 4.78 is 5.04. The predicted molar refractivity (Wildman–Crippen MR) is 71.2 cm³/mol. The fraction of sp³-hybridized carbons (Fsp3) is 0.417. The molecule has 1 aromatic rings. The summed E-state index contributed by atoms with van der Waals surface area (Å²) in [5, 5.41) is 13.3. The smallest absolute Gasteiger partial charge is 0.271 e. The Hall–Kier alpha value is -2.15. The molecule has 0 bridgehead atoms. The third-order valence-corrected chi connectivity index (χ3v) is 2.59. The van der Waals surface area contributed by atoms with Crippen molar-refractivity contribution < 1.29 is 14.5 Å². The lowest BCUT2D eigenvalue weighted by molar-refractivity contribution is -0.384. The summed E-state index contributed by atoms with van der Waals surface area (Å²) in [6.07, 6.45) is 1.32. The highest BCUT2D eigenvalue weighted by atomic mass is 16.6. The van der Waals surface area contributed by atoms with Gasteiger partial charge in [0.15, 0.2) is 0 Å². The van der Waals surface area contributed by atoms with E-state index in [2.05, 4.69) is 5.32 Å². The van der Waals surface area contributed by atoms with E-state index in [1.165, 1.54) is 25.3 Å². The van der Waals surface area contributed by atoms with Gasteiger partial charge in [-0.2, -0.15) is 0 Å². The summed E-state index contributed by atoms with van der Waals surface area (Å²) >= 11 is 0. The first-order valence-corrected chi connectivity index (χ1v) is 5.88. The largest absolute Gasteiger partial charge is 0.495 e. The van der Waals surface area contributed by atoms with Gasteiger partial charge in [-0.05, 0) is 12.5 Å². The minimum atomic E-state index is -0.644. The topological polar surface area (TPSA) is 107 Å². The monoisotopic (exact) mass is 267 g/mol. The van der Waals surface area contributed by atoms with Crippen LogP contribution in [0.25, 0.3) is 0 Å². The van der Waals surface area contributed by atoms with E-state index in [-0.39, 0.29) is 17.3 Å². The van der Waals surface area contributed by atoms with Crippen LogP contribution < -0.4 is 15.8 Å². The zero-order valence-corrected chi connectivity index (χ0v) is 10.9. The minimum Gasteiger partial charge on any atom is -0.495 e. The molecule has 0 saturated heterocycles. The van der Waals surface area contributed by atoms with E-state index in [4.69, 9.17) is 10.5 Å². The van der Waals surface area contributed by atoms with Crippen LogP contribution in [0.4, 0.5) is 11.4 Å². The Balaban J connectivity index is 2.94. The van der Waals surface area contributed by atoms with Crippen molar-refractivity contribution in [3.8, 4) is 5.75 Å². The summed E-state index contributed by atoms with van der Waals surface area (Å²) in [6.45, 7) is 1.92. The number of benzene rings is 1. The molecule has 0 heterocycles. The van der Waals surface area contributed by atoms with Gasteiger partial charge in [0.05, 0.1) is 23.8 Å². The number of carbonyl (C=O) groups excluding carboxylic acids is 1. The van der Waals surface area contributed by atoms with Gasteiger partial charge in [0.2, 0.25) is 5.91 Å². The molecule has 1 rings (SSSR count). The van der Waals surface area contributed by atoms with E-state index in [0.29, 0.717) is 12.2 Å². The number of ether oxygens (including phenoxy) is 1. The number of nitrogens with two attached hydrogens (primary N) is 1. The highest BCUT2D eigenvalue weighted by Gasteiger charge is 2.17. The molecule has 0 radical (unpaired) electrons. The number of anilines is 1. The molecule has 0 aliphatic rings. The number of rotatable bonds is 6. The van der Waals surface area contributed by atoms with Gasteiger partial charge in [0, 0.05) is 12.1 Å². The van der Waals surface area contributed by atoms with E-state index in [9.17, 15) is 14.9 Å². The summed E-state index contributed by atoms with van der Waals surface area (Å²) in [5.74, 6) is -0.0386. The number of non-ortho nitro benzene ring substituents is 1. The molecule has 0 aromatic heterocycles. The predicted octanol–water partition coefficient (Wildman–Crippen LogP) is 1.67. The van der Waals surface area contributed by atoms with E-state index in [1.54, 1.807) is 0 Å². The molecule has 3 N–H and O–H groups in total. The van der Waals surface area contributed by atoms with E-state index < -0.39 is 11.0 Å². The van der Waals surface area contributed by atoms with Gasteiger partial charge < -0.3 is 15.8 Å². The molecule has 0 saturated carbocycles. The van der Waals surface area contributed by atoms with Crippen molar-refractivity contribution >= 4 is 17.3 Å². The first kappa shape index (κ1) is 14.9. The summed E-state index contributed by atoms with van der Waals surface area (Å²) in [7, 11) is 1.42. The standard InChI is InChI=1S/C12H17N3O4/c1-3-4-9(13)12(16)14-10-7-8(15(17)18)5-6-11(10)19-2/h5-7,9H,3-4,13H2,1-2H3,(H,14,16)/t9-/m0/s1. The lowest BCUT2D eigenvalue weighted by atomic mass is 10.1. The zero-order chi connectivity index (χ0) is 14.4. The maximum atomic E-state index is 11.8. The van der Waals surface area contributed by atoms with Crippen molar-refractivity contribution in [2.45, 2.75) is 25.8 Å². The third-order valence-electron chi connectivity index (χ3n) is 2.59. The second-order valence-electron chi connectivity index (χ2n) is 4.03. The Morgan fingerprint density at radius 2 is 2.26 bits per heavy atom. The molecule has 7 heteroatoms. The fourth-order valence-corrected chi connectivity index (χ4v) is 1.57. The molecule has 19 heavy (non-hydrogen) atoms. The Labute approximate surface area is 110 Å². The zero-order valence-electron chi connectivity index (χ0n) is 10.9. The quantitative estimate of drug-likeness (QED) is 0.602. The Kier molecular flexibility index (Phi) is 5.25. The van der Waals surface area contributed by atoms with Crippen LogP contribution in [0.5, 0.6) is 5.75 Å². The molecule has 1 atom stereocenters. The van der Waals surface area contributed by atoms with E-state index in [0.717, 1.165) is 6.42 Å². The first-order valence-electron chi connectivity index (χ1n) is 5.88. The van der Waals surface area contributed by atoms with Crippen molar-refractivity contribution in [2.24, 2.45) is 5.73 Å². The van der Waals surface area contributed by atoms with Crippen molar-refractivity contribution in [1.29, 1.82) is 0 Å². The molecule has 0 fully saturated rings. The molecule has 0 spiro atoms. The highest BCUT2D eigenvalue weighted by molar-refractivity contribution is 5.96. The van der Waals surface area contributed by atoms with Crippen LogP contribution in [-0.2, 0) is 4.79 Å². The summed E-state index contributed by atoms with van der Waals surface area (Å²) in [5.41, 5.74) is 5.80. The molecular weight excluding hydrogens is 250 g/mol. The van der Waals surface area contributed by atoms with Gasteiger partial charge in [-0.3, -0.25) is 14.9 Å². The Morgan fingerprint density at radius 3 is 2.79 bits per heavy atom. The summed E-state index contributed by atoms with van der Waals surface area (Å²) in [4.78, 5) is 22.0.